The van der Waals surface area contributed by atoms with Crippen molar-refractivity contribution in [2.45, 2.75) is 25.9 Å². The van der Waals surface area contributed by atoms with Crippen LogP contribution in [0.25, 0.3) is 0 Å². The summed E-state index contributed by atoms with van der Waals surface area (Å²) in [5.41, 5.74) is 1.96. The van der Waals surface area contributed by atoms with E-state index in [1.54, 1.807) is 6.92 Å². The molecule has 2 N–H and O–H groups in total. The normalized spacial score (nSPS) is 20.8. The van der Waals surface area contributed by atoms with Crippen LogP contribution in [0.3, 0.4) is 0 Å². The summed E-state index contributed by atoms with van der Waals surface area (Å²) >= 11 is 3.46. The number of nitrogens with one attached hydrogen (secondary N) is 2. The molecule has 0 radical (unpaired) electrons. The summed E-state index contributed by atoms with van der Waals surface area (Å²) in [6.07, 6.45) is 0. The number of halogens is 1. The Bertz CT molecular complexity index is 547. The van der Waals surface area contributed by atoms with E-state index in [9.17, 15) is 9.59 Å². The highest BCUT2D eigenvalue weighted by Crippen LogP contribution is 2.31. The van der Waals surface area contributed by atoms with Crippen molar-refractivity contribution in [1.82, 2.24) is 10.6 Å². The van der Waals surface area contributed by atoms with E-state index >= 15 is 0 Å². The largest absolute Gasteiger partial charge is 0.350 e. The average Bonchev–Trinajstić information content (AvgIpc) is 2.42. The number of imide groups is 1. The fourth-order valence-corrected chi connectivity index (χ4v) is 2.68. The summed E-state index contributed by atoms with van der Waals surface area (Å²) in [6.45, 7) is 4.04. The van der Waals surface area contributed by atoms with Crippen molar-refractivity contribution in [3.63, 3.8) is 0 Å². The lowest BCUT2D eigenvalue weighted by molar-refractivity contribution is -0.132. The van der Waals surface area contributed by atoms with Crippen LogP contribution in [-0.4, -0.2) is 31.4 Å². The van der Waals surface area contributed by atoms with Crippen molar-refractivity contribution >= 4 is 33.4 Å². The van der Waals surface area contributed by atoms with Crippen LogP contribution in [-0.2, 0) is 9.59 Å². The summed E-state index contributed by atoms with van der Waals surface area (Å²) in [4.78, 5) is 25.3. The molecule has 0 saturated carbocycles. The van der Waals surface area contributed by atoms with E-state index in [-0.39, 0.29) is 30.4 Å². The lowest BCUT2D eigenvalue weighted by Gasteiger charge is -2.35. The number of anilines is 1. The van der Waals surface area contributed by atoms with Gasteiger partial charge >= 0.3 is 0 Å². The molecule has 1 aliphatic heterocycles. The molecule has 0 bridgehead atoms. The van der Waals surface area contributed by atoms with Crippen LogP contribution >= 0.6 is 15.9 Å². The van der Waals surface area contributed by atoms with Gasteiger partial charge in [0, 0.05) is 16.2 Å². The summed E-state index contributed by atoms with van der Waals surface area (Å²) < 4.78 is 0.971. The van der Waals surface area contributed by atoms with Gasteiger partial charge in [0.15, 0.2) is 0 Å². The minimum Gasteiger partial charge on any atom is -0.350 e. The van der Waals surface area contributed by atoms with Crippen LogP contribution in [0, 0.1) is 0 Å². The second-order valence-electron chi connectivity index (χ2n) is 4.93. The topological polar surface area (TPSA) is 61.4 Å². The fraction of sp³-hybridized carbons (Fsp3) is 0.429. The Labute approximate surface area is 126 Å². The quantitative estimate of drug-likeness (QED) is 0.821. The maximum Gasteiger partial charge on any atom is 0.249 e. The molecule has 1 heterocycles. The molecule has 1 aliphatic rings. The molecule has 1 aromatic carbocycles. The van der Waals surface area contributed by atoms with Crippen molar-refractivity contribution in [2.75, 3.05) is 18.5 Å². The van der Waals surface area contributed by atoms with Crippen LogP contribution in [0.2, 0.25) is 0 Å². The molecule has 2 unspecified atom stereocenters. The molecule has 20 heavy (non-hydrogen) atoms. The molecule has 2 atom stereocenters. The molecule has 1 fully saturated rings. The smallest absolute Gasteiger partial charge is 0.249 e. The van der Waals surface area contributed by atoms with Crippen molar-refractivity contribution in [2.24, 2.45) is 0 Å². The number of piperazine rings is 1. The number of amides is 2. The number of nitrogens with zero attached hydrogens (tertiary/aromatic N) is 1. The number of hydrogen-bond acceptors (Lipinski definition) is 4. The number of rotatable bonds is 3. The van der Waals surface area contributed by atoms with Gasteiger partial charge in [0.05, 0.1) is 6.54 Å². The van der Waals surface area contributed by atoms with Crippen molar-refractivity contribution in [1.29, 1.82) is 0 Å². The van der Waals surface area contributed by atoms with Crippen LogP contribution in [0.5, 0.6) is 0 Å². The van der Waals surface area contributed by atoms with E-state index < -0.39 is 0 Å². The first-order chi connectivity index (χ1) is 9.43. The van der Waals surface area contributed by atoms with Gasteiger partial charge in [0.25, 0.3) is 0 Å². The zero-order chi connectivity index (χ0) is 14.9. The molecule has 6 heteroatoms. The van der Waals surface area contributed by atoms with Crippen LogP contribution in [0.15, 0.2) is 22.7 Å². The monoisotopic (exact) mass is 339 g/mol. The summed E-state index contributed by atoms with van der Waals surface area (Å²) in [6, 6.07) is 5.63. The van der Waals surface area contributed by atoms with E-state index in [0.717, 1.165) is 15.7 Å². The molecule has 0 spiro atoms. The Balaban J connectivity index is 2.45. The van der Waals surface area contributed by atoms with E-state index in [0.29, 0.717) is 0 Å². The van der Waals surface area contributed by atoms with Crippen molar-refractivity contribution < 1.29 is 9.59 Å². The minimum absolute atomic E-state index is 0.120. The highest BCUT2D eigenvalue weighted by Gasteiger charge is 2.31. The SMILES string of the molecule is CNC(C)c1cc(Br)ccc1N1CC(=O)NC(=O)C1C. The third-order valence-electron chi connectivity index (χ3n) is 3.62. The third-order valence-corrected chi connectivity index (χ3v) is 4.12. The van der Waals surface area contributed by atoms with Crippen LogP contribution in [0.1, 0.15) is 25.5 Å². The third kappa shape index (κ3) is 2.86. The standard InChI is InChI=1S/C14H18BrN3O2/c1-8(16-3)11-6-10(15)4-5-12(11)18-7-13(19)17-14(20)9(18)2/h4-6,8-9,16H,7H2,1-3H3,(H,17,19,20). The van der Waals surface area contributed by atoms with E-state index in [1.165, 1.54) is 0 Å². The van der Waals surface area contributed by atoms with Crippen molar-refractivity contribution in [3.8, 4) is 0 Å². The van der Waals surface area contributed by atoms with Crippen LogP contribution < -0.4 is 15.5 Å². The Morgan fingerprint density at radius 3 is 2.80 bits per heavy atom. The van der Waals surface area contributed by atoms with Gasteiger partial charge in [-0.1, -0.05) is 15.9 Å². The predicted molar refractivity (Wildman–Crippen MR) is 81.6 cm³/mol. The average molecular weight is 340 g/mol. The van der Waals surface area contributed by atoms with Gasteiger partial charge in [-0.15, -0.1) is 0 Å². The van der Waals surface area contributed by atoms with E-state index in [1.807, 2.05) is 37.1 Å². The summed E-state index contributed by atoms with van der Waals surface area (Å²) in [5, 5.41) is 5.55. The summed E-state index contributed by atoms with van der Waals surface area (Å²) in [5.74, 6) is -0.522. The zero-order valence-electron chi connectivity index (χ0n) is 11.7. The molecule has 5 nitrogen and oxygen atoms in total. The second-order valence-corrected chi connectivity index (χ2v) is 5.85. The molecule has 108 valence electrons. The molecular weight excluding hydrogens is 322 g/mol. The first kappa shape index (κ1) is 15.0. The maximum atomic E-state index is 11.8. The van der Waals surface area contributed by atoms with E-state index in [2.05, 4.69) is 26.6 Å². The molecule has 0 aromatic heterocycles. The Kier molecular flexibility index (Phi) is 4.45. The van der Waals surface area contributed by atoms with Gasteiger partial charge in [0.2, 0.25) is 11.8 Å². The van der Waals surface area contributed by atoms with Gasteiger partial charge in [-0.2, -0.15) is 0 Å². The van der Waals surface area contributed by atoms with Gasteiger partial charge in [-0.25, -0.2) is 0 Å². The lowest BCUT2D eigenvalue weighted by atomic mass is 10.0. The minimum atomic E-state index is -0.364. The maximum absolute atomic E-state index is 11.8. The zero-order valence-corrected chi connectivity index (χ0v) is 13.3. The predicted octanol–water partition coefficient (Wildman–Crippen LogP) is 1.58. The molecular formula is C14H18BrN3O2. The first-order valence-electron chi connectivity index (χ1n) is 6.51. The van der Waals surface area contributed by atoms with Crippen LogP contribution in [0.4, 0.5) is 5.69 Å². The number of carbonyl (C=O) groups is 2. The number of benzene rings is 1. The molecule has 0 aliphatic carbocycles. The highest BCUT2D eigenvalue weighted by atomic mass is 79.9. The number of carbonyl (C=O) groups excluding carboxylic acids is 2. The fourth-order valence-electron chi connectivity index (χ4n) is 2.30. The van der Waals surface area contributed by atoms with Gasteiger partial charge < -0.3 is 10.2 Å². The Morgan fingerprint density at radius 1 is 1.45 bits per heavy atom. The number of hydrogen-bond donors (Lipinski definition) is 2. The van der Waals surface area contributed by atoms with Crippen molar-refractivity contribution in [3.05, 3.63) is 28.2 Å². The Morgan fingerprint density at radius 2 is 2.15 bits per heavy atom. The molecule has 2 amide bonds. The first-order valence-corrected chi connectivity index (χ1v) is 7.30. The van der Waals surface area contributed by atoms with Gasteiger partial charge in [0.1, 0.15) is 6.04 Å². The molecule has 1 aromatic rings. The van der Waals surface area contributed by atoms with E-state index in [4.69, 9.17) is 0 Å². The lowest BCUT2D eigenvalue weighted by Crippen LogP contribution is -2.57. The van der Waals surface area contributed by atoms with Gasteiger partial charge in [-0.3, -0.25) is 14.9 Å². The highest BCUT2D eigenvalue weighted by molar-refractivity contribution is 9.10. The Hall–Kier alpha value is -1.40. The molecule has 1 saturated heterocycles. The van der Waals surface area contributed by atoms with Gasteiger partial charge in [-0.05, 0) is 44.7 Å². The summed E-state index contributed by atoms with van der Waals surface area (Å²) in [7, 11) is 1.88. The molecule has 2 rings (SSSR count). The second kappa shape index (κ2) is 5.93.